The maximum absolute atomic E-state index is 13.4. The molecule has 8 nitrogen and oxygen atoms in total. The van der Waals surface area contributed by atoms with E-state index in [9.17, 15) is 9.59 Å². The van der Waals surface area contributed by atoms with Crippen molar-refractivity contribution in [2.24, 2.45) is 0 Å². The highest BCUT2D eigenvalue weighted by molar-refractivity contribution is 6.26. The van der Waals surface area contributed by atoms with Gasteiger partial charge in [0, 0.05) is 11.9 Å². The number of carbonyl (C=O) groups is 1. The number of ketones is 1. The Bertz CT molecular complexity index is 1280. The number of pyridine rings is 2. The molecule has 2 aromatic heterocycles. The summed E-state index contributed by atoms with van der Waals surface area (Å²) in [4.78, 5) is 31.4. The molecule has 0 fully saturated rings. The van der Waals surface area contributed by atoms with Crippen LogP contribution in [0, 0.1) is 0 Å². The van der Waals surface area contributed by atoms with Crippen LogP contribution in [0.4, 0.5) is 0 Å². The third kappa shape index (κ3) is 2.44. The molecule has 1 aliphatic heterocycles. The number of ether oxygens (including phenoxy) is 4. The third-order valence-corrected chi connectivity index (χ3v) is 5.42. The van der Waals surface area contributed by atoms with Crippen LogP contribution in [0.25, 0.3) is 22.2 Å². The molecule has 0 bridgehead atoms. The summed E-state index contributed by atoms with van der Waals surface area (Å²) >= 11 is 0. The Hall–Kier alpha value is -3.49. The topological polar surface area (TPSA) is 88.9 Å². The average molecular weight is 404 g/mol. The molecule has 2 radical (unpaired) electrons. The van der Waals surface area contributed by atoms with Crippen LogP contribution < -0.4 is 24.5 Å². The molecule has 150 valence electrons. The first-order chi connectivity index (χ1) is 14.6. The van der Waals surface area contributed by atoms with Crippen LogP contribution in [0.3, 0.4) is 0 Å². The summed E-state index contributed by atoms with van der Waals surface area (Å²) in [5.74, 6) is 1.32. The van der Waals surface area contributed by atoms with Gasteiger partial charge in [0.15, 0.2) is 23.0 Å². The summed E-state index contributed by atoms with van der Waals surface area (Å²) in [6, 6.07) is 4.88. The van der Waals surface area contributed by atoms with E-state index in [0.29, 0.717) is 75.7 Å². The number of methoxy groups -OCH3 is 2. The summed E-state index contributed by atoms with van der Waals surface area (Å²) in [7, 11) is 8.69. The Morgan fingerprint density at radius 1 is 1.10 bits per heavy atom. The minimum absolute atomic E-state index is 0.0426. The van der Waals surface area contributed by atoms with Crippen LogP contribution in [0.15, 0.2) is 23.0 Å². The molecule has 0 saturated heterocycles. The molecule has 5 rings (SSSR count). The minimum Gasteiger partial charge on any atom is -0.493 e. The van der Waals surface area contributed by atoms with Gasteiger partial charge in [-0.2, -0.15) is 0 Å². The van der Waals surface area contributed by atoms with Gasteiger partial charge < -0.3 is 23.5 Å². The number of hydrogen-bond acceptors (Lipinski definition) is 7. The van der Waals surface area contributed by atoms with E-state index in [1.54, 1.807) is 22.8 Å². The van der Waals surface area contributed by atoms with E-state index in [2.05, 4.69) is 4.98 Å². The van der Waals surface area contributed by atoms with Gasteiger partial charge in [-0.3, -0.25) is 9.59 Å². The molecule has 0 unspecified atom stereocenters. The predicted octanol–water partition coefficient (Wildman–Crippen LogP) is 2.33. The zero-order chi connectivity index (χ0) is 21.0. The molecule has 30 heavy (non-hydrogen) atoms. The van der Waals surface area contributed by atoms with Crippen LogP contribution in [0.1, 0.15) is 22.3 Å². The zero-order valence-electron chi connectivity index (χ0n) is 16.5. The smallest absolute Gasteiger partial charge is 0.260 e. The molecule has 9 heteroatoms. The lowest BCUT2D eigenvalue weighted by atomic mass is 10.0. The Balaban J connectivity index is 1.89. The van der Waals surface area contributed by atoms with E-state index in [0.717, 1.165) is 0 Å². The highest BCUT2D eigenvalue weighted by Gasteiger charge is 2.37. The molecule has 0 amide bonds. The van der Waals surface area contributed by atoms with Crippen LogP contribution in [-0.4, -0.2) is 44.2 Å². The summed E-state index contributed by atoms with van der Waals surface area (Å²) < 4.78 is 23.1. The van der Waals surface area contributed by atoms with E-state index in [4.69, 9.17) is 26.8 Å². The lowest BCUT2D eigenvalue weighted by Crippen LogP contribution is -2.23. The Morgan fingerprint density at radius 3 is 2.53 bits per heavy atom. The second-order valence-electron chi connectivity index (χ2n) is 7.00. The largest absolute Gasteiger partial charge is 0.493 e. The first-order valence-corrected chi connectivity index (χ1v) is 9.47. The van der Waals surface area contributed by atoms with Gasteiger partial charge in [-0.25, -0.2) is 4.98 Å². The average Bonchev–Trinajstić information content (AvgIpc) is 3.33. The van der Waals surface area contributed by atoms with Gasteiger partial charge in [0.05, 0.1) is 44.3 Å². The van der Waals surface area contributed by atoms with Crippen LogP contribution in [-0.2, 0) is 6.54 Å². The van der Waals surface area contributed by atoms with Crippen molar-refractivity contribution < 1.29 is 23.7 Å². The van der Waals surface area contributed by atoms with Gasteiger partial charge in [0.2, 0.25) is 6.79 Å². The van der Waals surface area contributed by atoms with Gasteiger partial charge in [0.1, 0.15) is 5.69 Å². The fourth-order valence-electron chi connectivity index (χ4n) is 4.03. The quantitative estimate of drug-likeness (QED) is 0.472. The number of carbonyl (C=O) groups excluding carboxylic acids is 1. The van der Waals surface area contributed by atoms with Crippen LogP contribution in [0.2, 0.25) is 6.32 Å². The fraction of sp³-hybridized carbons (Fsp3) is 0.286. The molecule has 0 saturated carbocycles. The monoisotopic (exact) mass is 404 g/mol. The molecule has 2 aliphatic rings. The number of aromatic nitrogens is 2. The third-order valence-electron chi connectivity index (χ3n) is 5.42. The van der Waals surface area contributed by atoms with Crippen LogP contribution in [0.5, 0.6) is 23.1 Å². The zero-order valence-corrected chi connectivity index (χ0v) is 16.5. The van der Waals surface area contributed by atoms with Gasteiger partial charge in [-0.05, 0) is 24.6 Å². The van der Waals surface area contributed by atoms with E-state index < -0.39 is 0 Å². The van der Waals surface area contributed by atoms with E-state index >= 15 is 0 Å². The first kappa shape index (κ1) is 18.5. The lowest BCUT2D eigenvalue weighted by Gasteiger charge is -2.16. The van der Waals surface area contributed by atoms with Gasteiger partial charge in [-0.1, -0.05) is 6.32 Å². The van der Waals surface area contributed by atoms with Crippen molar-refractivity contribution >= 4 is 24.4 Å². The second kappa shape index (κ2) is 6.79. The van der Waals surface area contributed by atoms with Crippen molar-refractivity contribution in [3.63, 3.8) is 0 Å². The maximum atomic E-state index is 13.4. The van der Waals surface area contributed by atoms with Crippen molar-refractivity contribution in [1.82, 2.24) is 9.55 Å². The molecule has 1 aromatic carbocycles. The standard InChI is InChI=1S/C21H17BN2O6/c1-27-13-6-10-11(7-14(13)28-2)21(26)24(5-3-4-22)18-16(10)19(25)12-8-15-20(23-17(12)18)30-9-29-15/h6-8H,3-5,9H2,1-2H3. The summed E-state index contributed by atoms with van der Waals surface area (Å²) in [5.41, 5.74) is 1.39. The van der Waals surface area contributed by atoms with Crippen LogP contribution >= 0.6 is 0 Å². The highest BCUT2D eigenvalue weighted by Crippen LogP contribution is 2.44. The van der Waals surface area contributed by atoms with Gasteiger partial charge in [-0.15, -0.1) is 0 Å². The molecule has 3 heterocycles. The fourth-order valence-corrected chi connectivity index (χ4v) is 4.03. The van der Waals surface area contributed by atoms with E-state index in [1.807, 2.05) is 0 Å². The second-order valence-corrected chi connectivity index (χ2v) is 7.00. The molecule has 0 N–H and O–H groups in total. The molecule has 1 aliphatic carbocycles. The molecular weight excluding hydrogens is 387 g/mol. The van der Waals surface area contributed by atoms with E-state index in [-0.39, 0.29) is 18.1 Å². The molecule has 3 aromatic rings. The SMILES string of the molecule is [B]CCCn1c2c(c3cc(OC)c(OC)cc3c1=O)C(=O)c1cc3c(nc1-2)OCO3. The summed E-state index contributed by atoms with van der Waals surface area (Å²) in [6.07, 6.45) is 0.972. The number of hydrogen-bond donors (Lipinski definition) is 0. The lowest BCUT2D eigenvalue weighted by molar-refractivity contribution is 0.104. The summed E-state index contributed by atoms with van der Waals surface area (Å²) in [6.45, 7) is 0.395. The Morgan fingerprint density at radius 2 is 1.83 bits per heavy atom. The molecule has 0 spiro atoms. The minimum atomic E-state index is -0.252. The number of fused-ring (bicyclic) bond motifs is 6. The highest BCUT2D eigenvalue weighted by atomic mass is 16.7. The number of rotatable bonds is 5. The van der Waals surface area contributed by atoms with Crippen molar-refractivity contribution in [2.45, 2.75) is 19.3 Å². The van der Waals surface area contributed by atoms with Crippen molar-refractivity contribution in [2.75, 3.05) is 21.0 Å². The molecular formula is C21H17BN2O6. The molecule has 0 atom stereocenters. The Labute approximate surface area is 172 Å². The normalized spacial score (nSPS) is 13.5. The summed E-state index contributed by atoms with van der Waals surface area (Å²) in [5, 5.41) is 0.853. The van der Waals surface area contributed by atoms with E-state index in [1.165, 1.54) is 14.2 Å². The van der Waals surface area contributed by atoms with Gasteiger partial charge >= 0.3 is 0 Å². The Kier molecular flexibility index (Phi) is 4.20. The number of benzene rings is 1. The maximum Gasteiger partial charge on any atom is 0.260 e. The van der Waals surface area contributed by atoms with Crippen molar-refractivity contribution in [1.29, 1.82) is 0 Å². The number of nitrogens with zero attached hydrogens (tertiary/aromatic N) is 2. The van der Waals surface area contributed by atoms with Crippen molar-refractivity contribution in [3.8, 4) is 34.5 Å². The van der Waals surface area contributed by atoms with Gasteiger partial charge in [0.25, 0.3) is 11.4 Å². The van der Waals surface area contributed by atoms with Crippen molar-refractivity contribution in [3.05, 3.63) is 39.7 Å². The first-order valence-electron chi connectivity index (χ1n) is 9.47. The predicted molar refractivity (Wildman–Crippen MR) is 109 cm³/mol.